The Morgan fingerprint density at radius 3 is 2.47 bits per heavy atom. The topological polar surface area (TPSA) is 32.3 Å². The van der Waals surface area contributed by atoms with E-state index in [9.17, 15) is 4.79 Å². The Morgan fingerprint density at radius 1 is 1.26 bits per heavy atom. The number of carbonyl (C=O) groups excluding carboxylic acids is 1. The van der Waals surface area contributed by atoms with E-state index in [4.69, 9.17) is 0 Å². The number of nitrogens with zero attached hydrogens (tertiary/aromatic N) is 1. The number of hydrogen-bond acceptors (Lipinski definition) is 3. The van der Waals surface area contributed by atoms with E-state index in [1.54, 1.807) is 0 Å². The van der Waals surface area contributed by atoms with Crippen molar-refractivity contribution in [2.45, 2.75) is 67.8 Å². The zero-order valence-corrected chi connectivity index (χ0v) is 12.6. The minimum absolute atomic E-state index is 0.123. The second-order valence-electron chi connectivity index (χ2n) is 7.04. The Labute approximate surface area is 119 Å². The fourth-order valence-electron chi connectivity index (χ4n) is 4.00. The first-order valence-corrected chi connectivity index (χ1v) is 9.05. The van der Waals surface area contributed by atoms with Crippen molar-refractivity contribution in [2.75, 3.05) is 12.8 Å². The highest BCUT2D eigenvalue weighted by molar-refractivity contribution is 8.00. The molecule has 1 heterocycles. The van der Waals surface area contributed by atoms with Gasteiger partial charge in [0.1, 0.15) is 0 Å². The molecular formula is C15H24N2OS. The highest BCUT2D eigenvalue weighted by atomic mass is 32.2. The van der Waals surface area contributed by atoms with Gasteiger partial charge in [0.25, 0.3) is 0 Å². The molecule has 1 aliphatic heterocycles. The minimum atomic E-state index is -0.123. The summed E-state index contributed by atoms with van der Waals surface area (Å²) in [5.74, 6) is 1.13. The number of nitrogens with one attached hydrogen (secondary N) is 1. The summed E-state index contributed by atoms with van der Waals surface area (Å²) in [7, 11) is 0. The molecule has 4 aliphatic rings. The van der Waals surface area contributed by atoms with Gasteiger partial charge in [-0.1, -0.05) is 12.8 Å². The van der Waals surface area contributed by atoms with Crippen molar-refractivity contribution in [2.24, 2.45) is 5.92 Å². The van der Waals surface area contributed by atoms with E-state index in [1.807, 2.05) is 11.8 Å². The van der Waals surface area contributed by atoms with Gasteiger partial charge < -0.3 is 4.90 Å². The molecule has 106 valence electrons. The summed E-state index contributed by atoms with van der Waals surface area (Å²) in [6.07, 6.45) is 12.6. The van der Waals surface area contributed by atoms with E-state index in [2.05, 4.69) is 16.5 Å². The summed E-state index contributed by atoms with van der Waals surface area (Å²) in [5, 5.41) is 3.72. The van der Waals surface area contributed by atoms with Gasteiger partial charge in [0.15, 0.2) is 0 Å². The maximum atomic E-state index is 12.7. The second kappa shape index (κ2) is 4.14. The molecule has 1 unspecified atom stereocenters. The highest BCUT2D eigenvalue weighted by Gasteiger charge is 2.61. The maximum absolute atomic E-state index is 12.7. The first-order chi connectivity index (χ1) is 9.18. The van der Waals surface area contributed by atoms with Gasteiger partial charge in [-0.05, 0) is 50.7 Å². The Morgan fingerprint density at radius 2 is 1.95 bits per heavy atom. The lowest BCUT2D eigenvalue weighted by Crippen LogP contribution is -2.45. The van der Waals surface area contributed by atoms with Gasteiger partial charge in [0, 0.05) is 11.3 Å². The molecule has 3 saturated carbocycles. The summed E-state index contributed by atoms with van der Waals surface area (Å²) < 4.78 is 0.397. The van der Waals surface area contributed by atoms with Crippen molar-refractivity contribution in [3.8, 4) is 0 Å². The molecule has 0 aromatic rings. The fraction of sp³-hybridized carbons (Fsp3) is 0.933. The highest BCUT2D eigenvalue weighted by Crippen LogP contribution is 2.51. The van der Waals surface area contributed by atoms with Crippen molar-refractivity contribution in [1.82, 2.24) is 10.2 Å². The number of hydrogen-bond donors (Lipinski definition) is 1. The molecule has 1 spiro atoms. The van der Waals surface area contributed by atoms with E-state index in [1.165, 1.54) is 38.5 Å². The average molecular weight is 280 g/mol. The Hall–Kier alpha value is -0.220. The lowest BCUT2D eigenvalue weighted by atomic mass is 10.0. The second-order valence-corrected chi connectivity index (χ2v) is 8.31. The number of thioether (sulfide) groups is 1. The lowest BCUT2D eigenvalue weighted by Gasteiger charge is -2.31. The smallest absolute Gasteiger partial charge is 0.244 e. The number of amides is 1. The molecule has 4 rings (SSSR count). The lowest BCUT2D eigenvalue weighted by molar-refractivity contribution is -0.131. The Bertz CT molecular complexity index is 397. The third-order valence-electron chi connectivity index (χ3n) is 5.73. The molecule has 1 atom stereocenters. The van der Waals surface area contributed by atoms with Crippen LogP contribution in [-0.2, 0) is 4.79 Å². The standard InChI is InChI=1S/C15H24N2OS/c1-19-14(6-7-14)10-17-12(11-4-2-3-5-11)16-15(8-9-15)13(17)18/h11-12,16H,2-10H2,1H3. The van der Waals surface area contributed by atoms with Gasteiger partial charge in [-0.15, -0.1) is 0 Å². The first-order valence-electron chi connectivity index (χ1n) is 7.82. The van der Waals surface area contributed by atoms with Gasteiger partial charge in [-0.25, -0.2) is 0 Å². The monoisotopic (exact) mass is 280 g/mol. The van der Waals surface area contributed by atoms with Crippen molar-refractivity contribution in [3.05, 3.63) is 0 Å². The van der Waals surface area contributed by atoms with Crippen LogP contribution in [-0.4, -0.2) is 40.1 Å². The summed E-state index contributed by atoms with van der Waals surface area (Å²) in [5.41, 5.74) is -0.123. The summed E-state index contributed by atoms with van der Waals surface area (Å²) in [4.78, 5) is 15.0. The molecular weight excluding hydrogens is 256 g/mol. The molecule has 1 saturated heterocycles. The Kier molecular flexibility index (Phi) is 2.73. The largest absolute Gasteiger partial charge is 0.324 e. The van der Waals surface area contributed by atoms with Crippen LogP contribution >= 0.6 is 11.8 Å². The summed E-state index contributed by atoms with van der Waals surface area (Å²) >= 11 is 1.97. The van der Waals surface area contributed by atoms with Crippen LogP contribution in [0.5, 0.6) is 0 Å². The van der Waals surface area contributed by atoms with Crippen LogP contribution in [0, 0.1) is 5.92 Å². The molecule has 3 aliphatic carbocycles. The SMILES string of the molecule is CSC1(CN2C(=O)C3(CC3)NC2C2CCCC2)CC1. The molecule has 0 radical (unpaired) electrons. The Balaban J connectivity index is 1.55. The van der Waals surface area contributed by atoms with Gasteiger partial charge in [0.05, 0.1) is 11.7 Å². The van der Waals surface area contributed by atoms with Gasteiger partial charge >= 0.3 is 0 Å². The van der Waals surface area contributed by atoms with Gasteiger partial charge in [-0.3, -0.25) is 10.1 Å². The van der Waals surface area contributed by atoms with Crippen LogP contribution in [0.4, 0.5) is 0 Å². The van der Waals surface area contributed by atoms with Crippen LogP contribution in [0.2, 0.25) is 0 Å². The molecule has 3 nitrogen and oxygen atoms in total. The van der Waals surface area contributed by atoms with Crippen molar-refractivity contribution in [3.63, 3.8) is 0 Å². The van der Waals surface area contributed by atoms with E-state index in [0.29, 0.717) is 22.7 Å². The van der Waals surface area contributed by atoms with E-state index < -0.39 is 0 Å². The van der Waals surface area contributed by atoms with E-state index in [0.717, 1.165) is 19.4 Å². The molecule has 19 heavy (non-hydrogen) atoms. The van der Waals surface area contributed by atoms with E-state index in [-0.39, 0.29) is 5.54 Å². The zero-order chi connectivity index (χ0) is 13.1. The molecule has 0 bridgehead atoms. The van der Waals surface area contributed by atoms with Crippen LogP contribution in [0.1, 0.15) is 51.4 Å². The van der Waals surface area contributed by atoms with Gasteiger partial charge in [0.2, 0.25) is 5.91 Å². The molecule has 0 aromatic carbocycles. The van der Waals surface area contributed by atoms with Crippen molar-refractivity contribution >= 4 is 17.7 Å². The van der Waals surface area contributed by atoms with Crippen molar-refractivity contribution in [1.29, 1.82) is 0 Å². The number of carbonyl (C=O) groups is 1. The third kappa shape index (κ3) is 1.94. The normalized spacial score (nSPS) is 35.3. The predicted molar refractivity (Wildman–Crippen MR) is 78.0 cm³/mol. The molecule has 0 aromatic heterocycles. The first kappa shape index (κ1) is 12.5. The fourth-order valence-corrected chi connectivity index (χ4v) is 4.78. The molecule has 1 N–H and O–H groups in total. The number of rotatable bonds is 4. The van der Waals surface area contributed by atoms with Gasteiger partial charge in [-0.2, -0.15) is 11.8 Å². The summed E-state index contributed by atoms with van der Waals surface area (Å²) in [6, 6.07) is 0. The minimum Gasteiger partial charge on any atom is -0.324 e. The maximum Gasteiger partial charge on any atom is 0.244 e. The van der Waals surface area contributed by atoms with Crippen LogP contribution in [0.15, 0.2) is 0 Å². The predicted octanol–water partition coefficient (Wildman–Crippen LogP) is 2.36. The van der Waals surface area contributed by atoms with Crippen molar-refractivity contribution < 1.29 is 4.79 Å². The molecule has 4 fully saturated rings. The quantitative estimate of drug-likeness (QED) is 0.858. The summed E-state index contributed by atoms with van der Waals surface area (Å²) in [6.45, 7) is 0.989. The molecule has 4 heteroatoms. The molecule has 1 amide bonds. The van der Waals surface area contributed by atoms with E-state index >= 15 is 0 Å². The third-order valence-corrected chi connectivity index (χ3v) is 7.13. The van der Waals surface area contributed by atoms with Crippen LogP contribution in [0.25, 0.3) is 0 Å². The van der Waals surface area contributed by atoms with Crippen LogP contribution in [0.3, 0.4) is 0 Å². The zero-order valence-electron chi connectivity index (χ0n) is 11.8. The average Bonchev–Trinajstić information content (AvgIpc) is 3.30. The van der Waals surface area contributed by atoms with Crippen LogP contribution < -0.4 is 5.32 Å².